The van der Waals surface area contributed by atoms with Gasteiger partial charge in [-0.3, -0.25) is 9.59 Å². The zero-order valence-corrected chi connectivity index (χ0v) is 18.8. The summed E-state index contributed by atoms with van der Waals surface area (Å²) in [6.07, 6.45) is 3.66. The van der Waals surface area contributed by atoms with Gasteiger partial charge in [0.05, 0.1) is 10.6 Å². The Labute approximate surface area is 187 Å². The van der Waals surface area contributed by atoms with Crippen LogP contribution in [0.5, 0.6) is 0 Å². The third kappa shape index (κ3) is 6.71. The first-order valence-electron chi connectivity index (χ1n) is 10.2. The van der Waals surface area contributed by atoms with Crippen molar-refractivity contribution < 1.29 is 14.0 Å². The molecule has 0 aliphatic heterocycles. The highest BCUT2D eigenvalue weighted by Crippen LogP contribution is 2.25. The van der Waals surface area contributed by atoms with Gasteiger partial charge in [-0.1, -0.05) is 49.9 Å². The van der Waals surface area contributed by atoms with Gasteiger partial charge in [0.25, 0.3) is 5.91 Å². The van der Waals surface area contributed by atoms with Gasteiger partial charge in [0, 0.05) is 29.7 Å². The van der Waals surface area contributed by atoms with Crippen molar-refractivity contribution in [3.8, 4) is 0 Å². The number of unbranched alkanes of at least 4 members (excludes halogenated alkanes) is 1. The third-order valence-electron chi connectivity index (χ3n) is 4.95. The second-order valence-corrected chi connectivity index (χ2v) is 7.94. The molecule has 0 saturated heterocycles. The van der Waals surface area contributed by atoms with Crippen LogP contribution >= 0.6 is 23.2 Å². The standard InChI is InChI=1S/C23H27Cl2FN2O2/c1-3-5-6-16(4-2)22(29)27-13-14-28(19-10-8-18(26)9-11-19)23(30)20-12-7-17(24)15-21(20)25/h7-12,15-16H,3-6,13-14H2,1-2H3,(H,27,29). The number of hydrogen-bond donors (Lipinski definition) is 1. The summed E-state index contributed by atoms with van der Waals surface area (Å²) >= 11 is 12.1. The van der Waals surface area contributed by atoms with E-state index in [1.54, 1.807) is 12.1 Å². The summed E-state index contributed by atoms with van der Waals surface area (Å²) in [6.45, 7) is 4.59. The molecule has 0 radical (unpaired) electrons. The molecular formula is C23H27Cl2FN2O2. The molecular weight excluding hydrogens is 426 g/mol. The predicted octanol–water partition coefficient (Wildman–Crippen LogP) is 6.11. The van der Waals surface area contributed by atoms with Crippen LogP contribution in [-0.4, -0.2) is 24.9 Å². The first kappa shape index (κ1) is 24.2. The largest absolute Gasteiger partial charge is 0.354 e. The number of nitrogens with one attached hydrogen (secondary N) is 1. The van der Waals surface area contributed by atoms with Crippen LogP contribution in [0.15, 0.2) is 42.5 Å². The van der Waals surface area contributed by atoms with E-state index in [0.29, 0.717) is 10.7 Å². The maximum absolute atomic E-state index is 13.4. The molecule has 2 aromatic carbocycles. The molecule has 0 aliphatic carbocycles. The van der Waals surface area contributed by atoms with Crippen LogP contribution in [0, 0.1) is 11.7 Å². The van der Waals surface area contributed by atoms with Crippen molar-refractivity contribution in [1.29, 1.82) is 0 Å². The minimum Gasteiger partial charge on any atom is -0.354 e. The molecule has 162 valence electrons. The quantitative estimate of drug-likeness (QED) is 0.472. The van der Waals surface area contributed by atoms with Crippen molar-refractivity contribution in [1.82, 2.24) is 5.32 Å². The summed E-state index contributed by atoms with van der Waals surface area (Å²) < 4.78 is 13.4. The summed E-state index contributed by atoms with van der Waals surface area (Å²) in [4.78, 5) is 27.1. The Hall–Kier alpha value is -2.11. The van der Waals surface area contributed by atoms with Crippen LogP contribution in [0.25, 0.3) is 0 Å². The van der Waals surface area contributed by atoms with E-state index in [1.807, 2.05) is 6.92 Å². The monoisotopic (exact) mass is 452 g/mol. The van der Waals surface area contributed by atoms with Gasteiger partial charge in [-0.15, -0.1) is 0 Å². The third-order valence-corrected chi connectivity index (χ3v) is 5.50. The first-order chi connectivity index (χ1) is 14.4. The lowest BCUT2D eigenvalue weighted by Gasteiger charge is -2.24. The van der Waals surface area contributed by atoms with E-state index in [1.165, 1.54) is 35.2 Å². The fraction of sp³-hybridized carbons (Fsp3) is 0.391. The van der Waals surface area contributed by atoms with Gasteiger partial charge < -0.3 is 10.2 Å². The summed E-state index contributed by atoms with van der Waals surface area (Å²) in [5.41, 5.74) is 0.797. The highest BCUT2D eigenvalue weighted by molar-refractivity contribution is 6.37. The molecule has 7 heteroatoms. The fourth-order valence-corrected chi connectivity index (χ4v) is 3.67. The molecule has 1 N–H and O–H groups in total. The van der Waals surface area contributed by atoms with E-state index in [9.17, 15) is 14.0 Å². The Morgan fingerprint density at radius 3 is 2.40 bits per heavy atom. The second kappa shape index (κ2) is 11.9. The van der Waals surface area contributed by atoms with Crippen LogP contribution < -0.4 is 10.2 Å². The Morgan fingerprint density at radius 1 is 1.10 bits per heavy atom. The predicted molar refractivity (Wildman–Crippen MR) is 121 cm³/mol. The summed E-state index contributed by atoms with van der Waals surface area (Å²) in [5.74, 6) is -0.797. The van der Waals surface area contributed by atoms with E-state index in [-0.39, 0.29) is 41.4 Å². The molecule has 0 aromatic heterocycles. The molecule has 1 atom stereocenters. The van der Waals surface area contributed by atoms with E-state index in [4.69, 9.17) is 23.2 Å². The summed E-state index contributed by atoms with van der Waals surface area (Å²) in [5, 5.41) is 3.58. The molecule has 0 saturated carbocycles. The smallest absolute Gasteiger partial charge is 0.259 e. The lowest BCUT2D eigenvalue weighted by molar-refractivity contribution is -0.125. The SMILES string of the molecule is CCCCC(CC)C(=O)NCCN(C(=O)c1ccc(Cl)cc1Cl)c1ccc(F)cc1. The molecule has 2 rings (SSSR count). The summed E-state index contributed by atoms with van der Waals surface area (Å²) in [6, 6.07) is 10.3. The highest BCUT2D eigenvalue weighted by atomic mass is 35.5. The van der Waals surface area contributed by atoms with Crippen molar-refractivity contribution >= 4 is 40.7 Å². The molecule has 2 aromatic rings. The molecule has 2 amide bonds. The number of hydrogen-bond acceptors (Lipinski definition) is 2. The molecule has 0 spiro atoms. The van der Waals surface area contributed by atoms with Crippen molar-refractivity contribution in [2.45, 2.75) is 39.5 Å². The molecule has 0 aliphatic rings. The van der Waals surface area contributed by atoms with Crippen molar-refractivity contribution in [2.24, 2.45) is 5.92 Å². The van der Waals surface area contributed by atoms with Crippen LogP contribution in [0.2, 0.25) is 10.0 Å². The minimum absolute atomic E-state index is 0.0121. The molecule has 4 nitrogen and oxygen atoms in total. The van der Waals surface area contributed by atoms with Crippen LogP contribution in [0.1, 0.15) is 49.9 Å². The normalized spacial score (nSPS) is 11.8. The Balaban J connectivity index is 2.15. The number of anilines is 1. The number of carbonyl (C=O) groups is 2. The second-order valence-electron chi connectivity index (χ2n) is 7.10. The first-order valence-corrected chi connectivity index (χ1v) is 10.9. The molecule has 1 unspecified atom stereocenters. The van der Waals surface area contributed by atoms with E-state index in [2.05, 4.69) is 12.2 Å². The number of halogens is 3. The van der Waals surface area contributed by atoms with Crippen molar-refractivity contribution in [2.75, 3.05) is 18.0 Å². The summed E-state index contributed by atoms with van der Waals surface area (Å²) in [7, 11) is 0. The number of benzene rings is 2. The van der Waals surface area contributed by atoms with Gasteiger partial charge in [0.1, 0.15) is 5.82 Å². The Bertz CT molecular complexity index is 859. The number of nitrogens with zero attached hydrogens (tertiary/aromatic N) is 1. The van der Waals surface area contributed by atoms with E-state index >= 15 is 0 Å². The van der Waals surface area contributed by atoms with Gasteiger partial charge in [-0.25, -0.2) is 4.39 Å². The van der Waals surface area contributed by atoms with Crippen LogP contribution in [0.4, 0.5) is 10.1 Å². The number of rotatable bonds is 10. The van der Waals surface area contributed by atoms with Gasteiger partial charge in [-0.2, -0.15) is 0 Å². The lowest BCUT2D eigenvalue weighted by atomic mass is 9.98. The molecule has 0 fully saturated rings. The van der Waals surface area contributed by atoms with Crippen LogP contribution in [-0.2, 0) is 4.79 Å². The fourth-order valence-electron chi connectivity index (χ4n) is 3.18. The van der Waals surface area contributed by atoms with Gasteiger partial charge in [0.2, 0.25) is 5.91 Å². The number of carbonyl (C=O) groups excluding carboxylic acids is 2. The van der Waals surface area contributed by atoms with Gasteiger partial charge in [-0.05, 0) is 55.3 Å². The van der Waals surface area contributed by atoms with E-state index in [0.717, 1.165) is 25.7 Å². The average Bonchev–Trinajstić information content (AvgIpc) is 2.72. The Kier molecular flexibility index (Phi) is 9.60. The molecule has 0 heterocycles. The topological polar surface area (TPSA) is 49.4 Å². The zero-order chi connectivity index (χ0) is 22.1. The number of amides is 2. The Morgan fingerprint density at radius 2 is 1.80 bits per heavy atom. The van der Waals surface area contributed by atoms with Crippen LogP contribution in [0.3, 0.4) is 0 Å². The van der Waals surface area contributed by atoms with Gasteiger partial charge >= 0.3 is 0 Å². The van der Waals surface area contributed by atoms with Crippen molar-refractivity contribution in [3.05, 3.63) is 63.9 Å². The van der Waals surface area contributed by atoms with Gasteiger partial charge in [0.15, 0.2) is 0 Å². The maximum atomic E-state index is 13.4. The minimum atomic E-state index is -0.398. The molecule has 0 bridgehead atoms. The highest BCUT2D eigenvalue weighted by Gasteiger charge is 2.21. The zero-order valence-electron chi connectivity index (χ0n) is 17.3. The van der Waals surface area contributed by atoms with E-state index < -0.39 is 5.82 Å². The average molecular weight is 453 g/mol. The van der Waals surface area contributed by atoms with Crippen molar-refractivity contribution in [3.63, 3.8) is 0 Å². The lowest BCUT2D eigenvalue weighted by Crippen LogP contribution is -2.40. The maximum Gasteiger partial charge on any atom is 0.259 e. The molecule has 30 heavy (non-hydrogen) atoms.